The van der Waals surface area contributed by atoms with Crippen molar-refractivity contribution in [2.24, 2.45) is 23.2 Å². The van der Waals surface area contributed by atoms with E-state index in [0.29, 0.717) is 5.41 Å². The number of rotatable bonds is 3. The van der Waals surface area contributed by atoms with Crippen molar-refractivity contribution in [3.05, 3.63) is 18.5 Å². The van der Waals surface area contributed by atoms with E-state index in [0.717, 1.165) is 17.8 Å². The van der Waals surface area contributed by atoms with Gasteiger partial charge >= 0.3 is 0 Å². The molecule has 1 aromatic heterocycles. The van der Waals surface area contributed by atoms with Crippen LogP contribution < -0.4 is 5.32 Å². The number of aromatic amines is 1. The van der Waals surface area contributed by atoms with E-state index in [1.165, 1.54) is 31.5 Å². The van der Waals surface area contributed by atoms with Crippen LogP contribution in [0.3, 0.4) is 0 Å². The van der Waals surface area contributed by atoms with Crippen LogP contribution in [0.1, 0.15) is 38.5 Å². The Morgan fingerprint density at radius 3 is 2.29 bits per heavy atom. The van der Waals surface area contributed by atoms with Crippen molar-refractivity contribution in [2.45, 2.75) is 38.5 Å². The summed E-state index contributed by atoms with van der Waals surface area (Å²) in [7, 11) is 0. The molecule has 2 nitrogen and oxygen atoms in total. The second-order valence-corrected chi connectivity index (χ2v) is 6.87. The van der Waals surface area contributed by atoms with E-state index in [1.807, 2.05) is 6.20 Å². The number of anilines is 1. The van der Waals surface area contributed by atoms with Crippen LogP contribution in [0.5, 0.6) is 0 Å². The fourth-order valence-corrected chi connectivity index (χ4v) is 5.23. The number of hydrogen-bond acceptors (Lipinski definition) is 1. The van der Waals surface area contributed by atoms with E-state index in [9.17, 15) is 0 Å². The third kappa shape index (κ3) is 1.69. The monoisotopic (exact) mass is 230 g/mol. The normalized spacial score (nSPS) is 42.9. The summed E-state index contributed by atoms with van der Waals surface area (Å²) in [5, 5.41) is 3.65. The molecule has 4 fully saturated rings. The lowest BCUT2D eigenvalue weighted by atomic mass is 9.49. The summed E-state index contributed by atoms with van der Waals surface area (Å²) in [5.41, 5.74) is 1.91. The molecule has 0 aromatic carbocycles. The van der Waals surface area contributed by atoms with Gasteiger partial charge in [0.25, 0.3) is 0 Å². The number of H-pyrrole nitrogens is 1. The van der Waals surface area contributed by atoms with Gasteiger partial charge in [0.15, 0.2) is 0 Å². The van der Waals surface area contributed by atoms with E-state index in [1.54, 1.807) is 19.3 Å². The van der Waals surface area contributed by atoms with E-state index < -0.39 is 0 Å². The molecule has 5 rings (SSSR count). The zero-order valence-electron chi connectivity index (χ0n) is 10.4. The standard InChI is InChI=1S/C15H22N2/c1-2-16-9-14(1)17-10-15-6-11-3-12(7-15)5-13(4-11)8-15/h1-2,9,11-13,16-17H,3-8,10H2. The molecule has 4 aliphatic rings. The highest BCUT2D eigenvalue weighted by Gasteiger charge is 2.50. The number of nitrogens with one attached hydrogen (secondary N) is 2. The molecule has 0 aliphatic heterocycles. The largest absolute Gasteiger partial charge is 0.383 e. The maximum atomic E-state index is 3.65. The van der Waals surface area contributed by atoms with E-state index in [2.05, 4.69) is 22.6 Å². The van der Waals surface area contributed by atoms with Crippen LogP contribution in [0.2, 0.25) is 0 Å². The van der Waals surface area contributed by atoms with Gasteiger partial charge in [-0.1, -0.05) is 0 Å². The first-order chi connectivity index (χ1) is 8.31. The molecule has 0 spiro atoms. The van der Waals surface area contributed by atoms with Crippen molar-refractivity contribution in [3.63, 3.8) is 0 Å². The Hall–Kier alpha value is -0.920. The lowest BCUT2D eigenvalue weighted by Gasteiger charge is -2.57. The molecule has 0 radical (unpaired) electrons. The molecule has 17 heavy (non-hydrogen) atoms. The highest BCUT2D eigenvalue weighted by Crippen LogP contribution is 2.59. The summed E-state index contributed by atoms with van der Waals surface area (Å²) < 4.78 is 0. The van der Waals surface area contributed by atoms with Crippen LogP contribution in [0.25, 0.3) is 0 Å². The molecule has 0 saturated heterocycles. The lowest BCUT2D eigenvalue weighted by Crippen LogP contribution is -2.49. The van der Waals surface area contributed by atoms with Crippen LogP contribution in [0, 0.1) is 23.2 Å². The first-order valence-corrected chi connectivity index (χ1v) is 7.18. The van der Waals surface area contributed by atoms with Gasteiger partial charge in [0.2, 0.25) is 0 Å². The first kappa shape index (κ1) is 10.0. The molecule has 2 heteroatoms. The number of aromatic nitrogens is 1. The van der Waals surface area contributed by atoms with Crippen molar-refractivity contribution >= 4 is 5.69 Å². The van der Waals surface area contributed by atoms with E-state index in [4.69, 9.17) is 0 Å². The summed E-state index contributed by atoms with van der Waals surface area (Å²) in [6.45, 7) is 1.20. The molecule has 4 aliphatic carbocycles. The molecule has 4 bridgehead atoms. The van der Waals surface area contributed by atoms with Gasteiger partial charge in [-0.25, -0.2) is 0 Å². The Balaban J connectivity index is 1.49. The van der Waals surface area contributed by atoms with Crippen LogP contribution in [-0.4, -0.2) is 11.5 Å². The molecule has 0 atom stereocenters. The Labute approximate surface area is 103 Å². The van der Waals surface area contributed by atoms with Gasteiger partial charge in [-0.2, -0.15) is 0 Å². The Bertz CT molecular complexity index is 358. The van der Waals surface area contributed by atoms with Crippen molar-refractivity contribution in [3.8, 4) is 0 Å². The summed E-state index contributed by atoms with van der Waals surface area (Å²) in [4.78, 5) is 3.13. The van der Waals surface area contributed by atoms with Gasteiger partial charge in [0.05, 0.1) is 5.69 Å². The predicted octanol–water partition coefficient (Wildman–Crippen LogP) is 3.64. The summed E-state index contributed by atoms with van der Waals surface area (Å²) in [6.07, 6.45) is 13.2. The summed E-state index contributed by atoms with van der Waals surface area (Å²) in [6, 6.07) is 2.14. The third-order valence-corrected chi connectivity index (χ3v) is 5.43. The van der Waals surface area contributed by atoms with Crippen molar-refractivity contribution in [1.82, 2.24) is 4.98 Å². The molecule has 4 saturated carbocycles. The van der Waals surface area contributed by atoms with Gasteiger partial charge in [-0.3, -0.25) is 0 Å². The molecular weight excluding hydrogens is 208 g/mol. The molecule has 0 amide bonds. The maximum Gasteiger partial charge on any atom is 0.0517 e. The second-order valence-electron chi connectivity index (χ2n) is 6.87. The zero-order valence-corrected chi connectivity index (χ0v) is 10.4. The average molecular weight is 230 g/mol. The minimum Gasteiger partial charge on any atom is -0.383 e. The summed E-state index contributed by atoms with van der Waals surface area (Å²) >= 11 is 0. The van der Waals surface area contributed by atoms with E-state index >= 15 is 0 Å². The minimum atomic E-state index is 0.645. The topological polar surface area (TPSA) is 27.8 Å². The SMILES string of the molecule is c1cc(NCC23CC4CC(CC(C4)C2)C3)c[nH]1. The fourth-order valence-electron chi connectivity index (χ4n) is 5.23. The van der Waals surface area contributed by atoms with Crippen LogP contribution >= 0.6 is 0 Å². The van der Waals surface area contributed by atoms with Crippen molar-refractivity contribution in [1.29, 1.82) is 0 Å². The first-order valence-electron chi connectivity index (χ1n) is 7.18. The van der Waals surface area contributed by atoms with Gasteiger partial charge in [-0.15, -0.1) is 0 Å². The van der Waals surface area contributed by atoms with Gasteiger partial charge in [-0.05, 0) is 67.8 Å². The highest BCUT2D eigenvalue weighted by atomic mass is 14.9. The molecule has 1 aromatic rings. The van der Waals surface area contributed by atoms with Crippen molar-refractivity contribution in [2.75, 3.05) is 11.9 Å². The van der Waals surface area contributed by atoms with Gasteiger partial charge in [0, 0.05) is 18.9 Å². The second kappa shape index (κ2) is 3.54. The molecule has 1 heterocycles. The van der Waals surface area contributed by atoms with E-state index in [-0.39, 0.29) is 0 Å². The Morgan fingerprint density at radius 1 is 1.12 bits per heavy atom. The molecular formula is C15H22N2. The molecule has 92 valence electrons. The molecule has 0 unspecified atom stereocenters. The van der Waals surface area contributed by atoms with Crippen molar-refractivity contribution < 1.29 is 0 Å². The molecule has 2 N–H and O–H groups in total. The highest BCUT2D eigenvalue weighted by molar-refractivity contribution is 5.40. The third-order valence-electron chi connectivity index (χ3n) is 5.43. The van der Waals surface area contributed by atoms with Gasteiger partial charge < -0.3 is 10.3 Å². The maximum absolute atomic E-state index is 3.65. The average Bonchev–Trinajstić information content (AvgIpc) is 2.77. The van der Waals surface area contributed by atoms with Crippen LogP contribution in [0.4, 0.5) is 5.69 Å². The number of hydrogen-bond donors (Lipinski definition) is 2. The minimum absolute atomic E-state index is 0.645. The quantitative estimate of drug-likeness (QED) is 0.815. The van der Waals surface area contributed by atoms with Crippen LogP contribution in [0.15, 0.2) is 18.5 Å². The smallest absolute Gasteiger partial charge is 0.0517 e. The predicted molar refractivity (Wildman–Crippen MR) is 69.9 cm³/mol. The Kier molecular flexibility index (Phi) is 2.09. The fraction of sp³-hybridized carbons (Fsp3) is 0.733. The summed E-state index contributed by atoms with van der Waals surface area (Å²) in [5.74, 6) is 3.19. The van der Waals surface area contributed by atoms with Crippen LogP contribution in [-0.2, 0) is 0 Å². The Morgan fingerprint density at radius 2 is 1.76 bits per heavy atom. The van der Waals surface area contributed by atoms with Gasteiger partial charge in [0.1, 0.15) is 0 Å². The lowest BCUT2D eigenvalue weighted by molar-refractivity contribution is -0.0444. The zero-order chi connectivity index (χ0) is 11.3.